The van der Waals surface area contributed by atoms with Crippen LogP contribution in [0.15, 0.2) is 0 Å². The van der Waals surface area contributed by atoms with Crippen molar-refractivity contribution < 1.29 is 27.9 Å². The van der Waals surface area contributed by atoms with Gasteiger partial charge in [0.05, 0.1) is 25.2 Å². The molecule has 2 fully saturated rings. The lowest BCUT2D eigenvalue weighted by Crippen LogP contribution is -2.62. The monoisotopic (exact) mass is 474 g/mol. The van der Waals surface area contributed by atoms with Gasteiger partial charge in [0.1, 0.15) is 12.2 Å². The van der Waals surface area contributed by atoms with Crippen LogP contribution in [0.5, 0.6) is 0 Å². The van der Waals surface area contributed by atoms with Crippen LogP contribution in [0.25, 0.3) is 0 Å². The number of hydrogen-bond acceptors (Lipinski definition) is 6. The van der Waals surface area contributed by atoms with E-state index in [-0.39, 0.29) is 34.4 Å². The number of methoxy groups -OCH3 is 1. The van der Waals surface area contributed by atoms with Crippen molar-refractivity contribution in [3.8, 4) is 0 Å². The molecule has 0 aromatic carbocycles. The van der Waals surface area contributed by atoms with Crippen molar-refractivity contribution in [2.45, 2.75) is 128 Å². The van der Waals surface area contributed by atoms with Crippen LogP contribution in [-0.2, 0) is 27.9 Å². The van der Waals surface area contributed by atoms with Crippen LogP contribution in [0.3, 0.4) is 0 Å². The van der Waals surface area contributed by atoms with Gasteiger partial charge in [-0.25, -0.2) is 0 Å². The first-order chi connectivity index (χ1) is 13.7. The third kappa shape index (κ3) is 5.63. The molecular weight excluding hydrogens is 428 g/mol. The largest absolute Gasteiger partial charge is 0.469 e. The zero-order valence-electron chi connectivity index (χ0n) is 22.0. The van der Waals surface area contributed by atoms with Crippen LogP contribution >= 0.6 is 0 Å². The summed E-state index contributed by atoms with van der Waals surface area (Å²) in [7, 11) is -2.83. The van der Waals surface area contributed by atoms with Gasteiger partial charge in [0, 0.05) is 0 Å². The van der Waals surface area contributed by atoms with Gasteiger partial charge in [-0.1, -0.05) is 41.5 Å². The van der Waals surface area contributed by atoms with Gasteiger partial charge >= 0.3 is 5.97 Å². The van der Waals surface area contributed by atoms with E-state index in [2.05, 4.69) is 67.7 Å². The number of carbonyl (C=O) groups is 1. The standard InChI is InChI=1S/C23H46O6Si2/c1-21(2,3)30(10,11)28-16-14-15(20(24)25-9)17-19(27-23(7,8)26-17)18(16)29-31(12,13)22(4,5)6/h15-19H,14H2,1-13H3/t15-,16+,17-,18-,19-/m1/s1. The van der Waals surface area contributed by atoms with E-state index in [0.29, 0.717) is 6.42 Å². The van der Waals surface area contributed by atoms with E-state index in [1.54, 1.807) is 0 Å². The molecule has 1 saturated heterocycles. The lowest BCUT2D eigenvalue weighted by molar-refractivity contribution is -0.162. The summed E-state index contributed by atoms with van der Waals surface area (Å²) < 4.78 is 31.6. The molecule has 0 N–H and O–H groups in total. The maximum atomic E-state index is 12.7. The van der Waals surface area contributed by atoms with Crippen LogP contribution in [0.4, 0.5) is 0 Å². The van der Waals surface area contributed by atoms with E-state index in [1.807, 2.05) is 13.8 Å². The fraction of sp³-hybridized carbons (Fsp3) is 0.957. The smallest absolute Gasteiger partial charge is 0.311 e. The summed E-state index contributed by atoms with van der Waals surface area (Å²) >= 11 is 0. The van der Waals surface area contributed by atoms with E-state index in [9.17, 15) is 4.79 Å². The minimum atomic E-state index is -2.14. The highest BCUT2D eigenvalue weighted by Crippen LogP contribution is 2.48. The molecule has 1 aliphatic heterocycles. The third-order valence-corrected chi connectivity index (χ3v) is 16.7. The van der Waals surface area contributed by atoms with Crippen LogP contribution in [0.1, 0.15) is 61.8 Å². The van der Waals surface area contributed by atoms with Gasteiger partial charge in [-0.15, -0.1) is 0 Å². The summed E-state index contributed by atoms with van der Waals surface area (Å²) in [5, 5.41) is 0.0800. The molecule has 8 heteroatoms. The molecule has 0 aromatic heterocycles. The highest BCUT2D eigenvalue weighted by Gasteiger charge is 2.60. The molecular formula is C23H46O6Si2. The molecule has 0 unspecified atom stereocenters. The maximum absolute atomic E-state index is 12.7. The zero-order chi connectivity index (χ0) is 24.2. The maximum Gasteiger partial charge on any atom is 0.311 e. The summed E-state index contributed by atoms with van der Waals surface area (Å²) in [5.74, 6) is -1.50. The van der Waals surface area contributed by atoms with Crippen molar-refractivity contribution in [2.24, 2.45) is 5.92 Å². The number of hydrogen-bond donors (Lipinski definition) is 0. The fourth-order valence-corrected chi connectivity index (χ4v) is 6.49. The molecule has 31 heavy (non-hydrogen) atoms. The van der Waals surface area contributed by atoms with Crippen molar-refractivity contribution in [3.63, 3.8) is 0 Å². The summed E-state index contributed by atoms with van der Waals surface area (Å²) in [6.07, 6.45) is -0.812. The molecule has 1 heterocycles. The molecule has 0 aromatic rings. The molecule has 5 atom stereocenters. The van der Waals surface area contributed by atoms with Gasteiger partial charge in [0.15, 0.2) is 22.4 Å². The summed E-state index contributed by atoms with van der Waals surface area (Å²) in [6, 6.07) is 0. The first-order valence-electron chi connectivity index (χ1n) is 11.5. The normalized spacial score (nSPS) is 32.0. The lowest BCUT2D eigenvalue weighted by atomic mass is 9.81. The van der Waals surface area contributed by atoms with Gasteiger partial charge < -0.3 is 23.1 Å². The number of esters is 1. The Hall–Kier alpha value is -0.256. The highest BCUT2D eigenvalue weighted by atomic mass is 28.4. The molecule has 0 bridgehead atoms. The molecule has 0 amide bonds. The Kier molecular flexibility index (Phi) is 7.41. The van der Waals surface area contributed by atoms with Gasteiger partial charge in [0.25, 0.3) is 0 Å². The Bertz CT molecular complexity index is 662. The van der Waals surface area contributed by atoms with Crippen LogP contribution < -0.4 is 0 Å². The first kappa shape index (κ1) is 27.0. The Morgan fingerprint density at radius 1 is 0.871 bits per heavy atom. The van der Waals surface area contributed by atoms with Crippen molar-refractivity contribution in [2.75, 3.05) is 7.11 Å². The van der Waals surface area contributed by atoms with Crippen LogP contribution in [0.2, 0.25) is 36.3 Å². The Morgan fingerprint density at radius 2 is 1.32 bits per heavy atom. The average Bonchev–Trinajstić information content (AvgIpc) is 2.89. The third-order valence-electron chi connectivity index (χ3n) is 7.73. The van der Waals surface area contributed by atoms with E-state index in [4.69, 9.17) is 23.1 Å². The second-order valence-corrected chi connectivity index (χ2v) is 22.2. The van der Waals surface area contributed by atoms with Crippen molar-refractivity contribution in [3.05, 3.63) is 0 Å². The van der Waals surface area contributed by atoms with E-state index in [1.165, 1.54) is 7.11 Å². The zero-order valence-corrected chi connectivity index (χ0v) is 24.0. The Morgan fingerprint density at radius 3 is 1.77 bits per heavy atom. The molecule has 2 aliphatic rings. The number of fused-ring (bicyclic) bond motifs is 1. The quantitative estimate of drug-likeness (QED) is 0.388. The van der Waals surface area contributed by atoms with E-state index < -0.39 is 34.4 Å². The molecule has 0 radical (unpaired) electrons. The van der Waals surface area contributed by atoms with Crippen LogP contribution in [0, 0.1) is 5.92 Å². The van der Waals surface area contributed by atoms with E-state index >= 15 is 0 Å². The molecule has 6 nitrogen and oxygen atoms in total. The summed E-state index contributed by atoms with van der Waals surface area (Å²) in [4.78, 5) is 12.7. The van der Waals surface area contributed by atoms with Crippen molar-refractivity contribution in [1.29, 1.82) is 0 Å². The number of ether oxygens (including phenoxy) is 3. The molecule has 0 spiro atoms. The number of carbonyl (C=O) groups excluding carboxylic acids is 1. The van der Waals surface area contributed by atoms with Gasteiger partial charge in [-0.2, -0.15) is 0 Å². The van der Waals surface area contributed by atoms with Gasteiger partial charge in [-0.05, 0) is 56.5 Å². The molecule has 2 rings (SSSR count). The minimum Gasteiger partial charge on any atom is -0.469 e. The minimum absolute atomic E-state index is 0.0399. The van der Waals surface area contributed by atoms with Crippen molar-refractivity contribution >= 4 is 22.6 Å². The fourth-order valence-electron chi connectivity index (χ4n) is 3.82. The predicted octanol–water partition coefficient (Wildman–Crippen LogP) is 5.48. The SMILES string of the molecule is COC(=O)[C@@H]1C[C@H](O[Si](C)(C)C(C)(C)C)[C@@H](O[Si](C)(C)C(C)(C)C)[C@@H]2OC(C)(C)O[C@@H]21. The number of rotatable bonds is 5. The molecule has 1 aliphatic carbocycles. The van der Waals surface area contributed by atoms with Crippen molar-refractivity contribution in [1.82, 2.24) is 0 Å². The molecule has 182 valence electrons. The average molecular weight is 475 g/mol. The highest BCUT2D eigenvalue weighted by molar-refractivity contribution is 6.74. The second kappa shape index (κ2) is 8.51. The molecule has 1 saturated carbocycles. The van der Waals surface area contributed by atoms with Gasteiger partial charge in [0.2, 0.25) is 0 Å². The second-order valence-electron chi connectivity index (χ2n) is 12.7. The van der Waals surface area contributed by atoms with Crippen LogP contribution in [-0.4, -0.2) is 59.9 Å². The summed E-state index contributed by atoms with van der Waals surface area (Å²) in [5.41, 5.74) is 0. The topological polar surface area (TPSA) is 63.2 Å². The summed E-state index contributed by atoms with van der Waals surface area (Å²) in [6.45, 7) is 26.2. The lowest BCUT2D eigenvalue weighted by Gasteiger charge is -2.50. The van der Waals surface area contributed by atoms with Gasteiger partial charge in [-0.3, -0.25) is 4.79 Å². The predicted molar refractivity (Wildman–Crippen MR) is 128 cm³/mol. The Labute approximate surface area is 191 Å². The Balaban J connectivity index is 2.50. The van der Waals surface area contributed by atoms with E-state index in [0.717, 1.165) is 0 Å². The first-order valence-corrected chi connectivity index (χ1v) is 17.3.